The van der Waals surface area contributed by atoms with E-state index in [2.05, 4.69) is 18.7 Å². The fourth-order valence-electron chi connectivity index (χ4n) is 3.06. The van der Waals surface area contributed by atoms with Gasteiger partial charge in [0.1, 0.15) is 0 Å². The summed E-state index contributed by atoms with van der Waals surface area (Å²) in [5.74, 6) is -0.244. The number of benzene rings is 2. The largest absolute Gasteiger partial charge is 0.376 e. The first-order valence-corrected chi connectivity index (χ1v) is 8.72. The Morgan fingerprint density at radius 2 is 1.42 bits per heavy atom. The monoisotopic (exact) mass is 325 g/mol. The van der Waals surface area contributed by atoms with E-state index in [1.165, 1.54) is 0 Å². The second-order valence-corrected chi connectivity index (χ2v) is 6.20. The average Bonchev–Trinajstić information content (AvgIpc) is 2.63. The summed E-state index contributed by atoms with van der Waals surface area (Å²) in [5, 5.41) is 11.4. The Labute approximate surface area is 144 Å². The van der Waals surface area contributed by atoms with E-state index >= 15 is 0 Å². The number of rotatable bonds is 9. The standard InChI is InChI=1S/C21H27NO2/c1-3-15-22(16-4-2)17-21(24,19-13-9-6-10-14-19)20(23)18-11-7-5-8-12-18/h5-14,24H,3-4,15-17H2,1-2H3. The van der Waals surface area contributed by atoms with Crippen LogP contribution in [0.25, 0.3) is 0 Å². The van der Waals surface area contributed by atoms with Crippen LogP contribution >= 0.6 is 0 Å². The summed E-state index contributed by atoms with van der Waals surface area (Å²) in [5.41, 5.74) is -0.347. The van der Waals surface area contributed by atoms with E-state index < -0.39 is 5.60 Å². The summed E-state index contributed by atoms with van der Waals surface area (Å²) in [4.78, 5) is 15.3. The molecule has 24 heavy (non-hydrogen) atoms. The van der Waals surface area contributed by atoms with Crippen LogP contribution < -0.4 is 0 Å². The van der Waals surface area contributed by atoms with Crippen LogP contribution in [0.15, 0.2) is 60.7 Å². The lowest BCUT2D eigenvalue weighted by molar-refractivity contribution is 0.00785. The summed E-state index contributed by atoms with van der Waals surface area (Å²) < 4.78 is 0. The molecule has 0 aliphatic rings. The van der Waals surface area contributed by atoms with E-state index in [9.17, 15) is 9.90 Å². The third-order valence-electron chi connectivity index (χ3n) is 4.20. The van der Waals surface area contributed by atoms with Gasteiger partial charge in [-0.2, -0.15) is 0 Å². The highest BCUT2D eigenvalue weighted by Gasteiger charge is 2.39. The summed E-state index contributed by atoms with van der Waals surface area (Å²) in [6.07, 6.45) is 1.98. The van der Waals surface area contributed by atoms with Crippen LogP contribution in [0.4, 0.5) is 0 Å². The fourth-order valence-corrected chi connectivity index (χ4v) is 3.06. The lowest BCUT2D eigenvalue weighted by Gasteiger charge is -2.33. The third-order valence-corrected chi connectivity index (χ3v) is 4.20. The molecule has 0 aromatic heterocycles. The van der Waals surface area contributed by atoms with Gasteiger partial charge in [0.2, 0.25) is 0 Å². The van der Waals surface area contributed by atoms with Crippen molar-refractivity contribution in [1.82, 2.24) is 4.90 Å². The maximum atomic E-state index is 13.1. The molecular weight excluding hydrogens is 298 g/mol. The van der Waals surface area contributed by atoms with Crippen molar-refractivity contribution in [2.24, 2.45) is 0 Å². The molecule has 0 amide bonds. The number of aliphatic hydroxyl groups is 1. The molecule has 128 valence electrons. The molecule has 0 radical (unpaired) electrons. The van der Waals surface area contributed by atoms with Gasteiger partial charge in [0.25, 0.3) is 0 Å². The molecule has 2 aromatic rings. The first-order chi connectivity index (χ1) is 11.6. The number of ketones is 1. The number of hydrogen-bond acceptors (Lipinski definition) is 3. The highest BCUT2D eigenvalue weighted by atomic mass is 16.3. The first-order valence-electron chi connectivity index (χ1n) is 8.72. The second kappa shape index (κ2) is 8.76. The maximum absolute atomic E-state index is 13.1. The van der Waals surface area contributed by atoms with Crippen molar-refractivity contribution in [3.05, 3.63) is 71.8 Å². The van der Waals surface area contributed by atoms with Gasteiger partial charge in [0.05, 0.1) is 0 Å². The van der Waals surface area contributed by atoms with E-state index in [1.54, 1.807) is 12.1 Å². The van der Waals surface area contributed by atoms with Crippen molar-refractivity contribution in [1.29, 1.82) is 0 Å². The van der Waals surface area contributed by atoms with Gasteiger partial charge in [-0.05, 0) is 31.5 Å². The molecule has 0 spiro atoms. The summed E-state index contributed by atoms with van der Waals surface area (Å²) in [7, 11) is 0. The van der Waals surface area contributed by atoms with Crippen molar-refractivity contribution in [3.63, 3.8) is 0 Å². The molecule has 0 saturated heterocycles. The molecule has 1 unspecified atom stereocenters. The molecule has 0 aliphatic carbocycles. The van der Waals surface area contributed by atoms with E-state index in [0.29, 0.717) is 17.7 Å². The van der Waals surface area contributed by atoms with Gasteiger partial charge in [0.15, 0.2) is 11.4 Å². The first kappa shape index (κ1) is 18.4. The van der Waals surface area contributed by atoms with Gasteiger partial charge >= 0.3 is 0 Å². The minimum Gasteiger partial charge on any atom is -0.376 e. The highest BCUT2D eigenvalue weighted by molar-refractivity contribution is 6.03. The fraction of sp³-hybridized carbons (Fsp3) is 0.381. The molecule has 0 fully saturated rings. The highest BCUT2D eigenvalue weighted by Crippen LogP contribution is 2.27. The van der Waals surface area contributed by atoms with Crippen molar-refractivity contribution in [2.45, 2.75) is 32.3 Å². The van der Waals surface area contributed by atoms with E-state index in [-0.39, 0.29) is 5.78 Å². The molecule has 0 saturated carbocycles. The quantitative estimate of drug-likeness (QED) is 0.711. The topological polar surface area (TPSA) is 40.5 Å². The zero-order valence-corrected chi connectivity index (χ0v) is 14.6. The lowest BCUT2D eigenvalue weighted by atomic mass is 9.85. The Bertz CT molecular complexity index is 621. The normalized spacial score (nSPS) is 13.7. The van der Waals surface area contributed by atoms with Gasteiger partial charge in [0, 0.05) is 12.1 Å². The molecule has 0 bridgehead atoms. The van der Waals surface area contributed by atoms with Gasteiger partial charge < -0.3 is 5.11 Å². The van der Waals surface area contributed by atoms with Crippen LogP contribution in [0.3, 0.4) is 0 Å². The maximum Gasteiger partial charge on any atom is 0.200 e. The van der Waals surface area contributed by atoms with Gasteiger partial charge in [-0.25, -0.2) is 0 Å². The number of Topliss-reactive ketones (excluding diaryl/α,β-unsaturated/α-hetero) is 1. The van der Waals surface area contributed by atoms with Crippen LogP contribution in [0.1, 0.15) is 42.6 Å². The van der Waals surface area contributed by atoms with Crippen molar-refractivity contribution in [2.75, 3.05) is 19.6 Å². The Hall–Kier alpha value is -1.97. The number of hydrogen-bond donors (Lipinski definition) is 1. The molecule has 0 heterocycles. The predicted molar refractivity (Wildman–Crippen MR) is 98.1 cm³/mol. The number of carbonyl (C=O) groups is 1. The Morgan fingerprint density at radius 3 is 1.92 bits per heavy atom. The molecule has 0 aliphatic heterocycles. The zero-order chi connectivity index (χ0) is 17.4. The Morgan fingerprint density at radius 1 is 0.917 bits per heavy atom. The molecule has 3 nitrogen and oxygen atoms in total. The summed E-state index contributed by atoms with van der Waals surface area (Å²) >= 11 is 0. The van der Waals surface area contributed by atoms with Gasteiger partial charge in [-0.15, -0.1) is 0 Å². The second-order valence-electron chi connectivity index (χ2n) is 6.20. The summed E-state index contributed by atoms with van der Waals surface area (Å²) in [6, 6.07) is 18.3. The van der Waals surface area contributed by atoms with Crippen molar-refractivity contribution >= 4 is 5.78 Å². The van der Waals surface area contributed by atoms with Crippen LogP contribution in [-0.2, 0) is 5.60 Å². The van der Waals surface area contributed by atoms with Gasteiger partial charge in [-0.1, -0.05) is 74.5 Å². The Kier molecular flexibility index (Phi) is 6.71. The number of nitrogens with zero attached hydrogens (tertiary/aromatic N) is 1. The zero-order valence-electron chi connectivity index (χ0n) is 14.6. The molecular formula is C21H27NO2. The third kappa shape index (κ3) is 4.31. The molecule has 2 rings (SSSR count). The van der Waals surface area contributed by atoms with Crippen molar-refractivity contribution < 1.29 is 9.90 Å². The average molecular weight is 325 g/mol. The van der Waals surface area contributed by atoms with Crippen molar-refractivity contribution in [3.8, 4) is 0 Å². The van der Waals surface area contributed by atoms with E-state index in [0.717, 1.165) is 25.9 Å². The van der Waals surface area contributed by atoms with E-state index in [4.69, 9.17) is 0 Å². The van der Waals surface area contributed by atoms with Crippen LogP contribution in [-0.4, -0.2) is 35.4 Å². The molecule has 1 N–H and O–H groups in total. The van der Waals surface area contributed by atoms with Gasteiger partial charge in [-0.3, -0.25) is 9.69 Å². The molecule has 1 atom stereocenters. The minimum absolute atomic E-state index is 0.244. The minimum atomic E-state index is -1.53. The van der Waals surface area contributed by atoms with E-state index in [1.807, 2.05) is 48.5 Å². The number of carbonyl (C=O) groups excluding carboxylic acids is 1. The van der Waals surface area contributed by atoms with Crippen LogP contribution in [0, 0.1) is 0 Å². The predicted octanol–water partition coefficient (Wildman–Crippen LogP) is 3.88. The SMILES string of the molecule is CCCN(CCC)CC(O)(C(=O)c1ccccc1)c1ccccc1. The lowest BCUT2D eigenvalue weighted by Crippen LogP contribution is -2.47. The molecule has 3 heteroatoms. The molecule has 2 aromatic carbocycles. The summed E-state index contributed by atoms with van der Waals surface area (Å²) in [6.45, 7) is 6.27. The van der Waals surface area contributed by atoms with Crippen LogP contribution in [0.2, 0.25) is 0 Å². The Balaban J connectivity index is 2.40. The smallest absolute Gasteiger partial charge is 0.200 e. The van der Waals surface area contributed by atoms with Crippen LogP contribution in [0.5, 0.6) is 0 Å².